The van der Waals surface area contributed by atoms with Gasteiger partial charge in [-0.1, -0.05) is 60.5 Å². The number of hydrogen-bond donors (Lipinski definition) is 1. The molecule has 3 rings (SSSR count). The van der Waals surface area contributed by atoms with Gasteiger partial charge in [0.05, 0.1) is 9.60 Å². The van der Waals surface area contributed by atoms with Crippen LogP contribution in [0.25, 0.3) is 0 Å². The molecule has 0 saturated carbocycles. The molecular formula is C18H15NO7S. The molecule has 0 spiro atoms. The van der Waals surface area contributed by atoms with Gasteiger partial charge < -0.3 is 14.7 Å². The standard InChI is InChI=1S/C17H15NO5S.CO2/c18-17-16(14(19)15(22-17)13-9-5-2-6-10-13)23-24(20,21)11-12-7-3-1-4-8-12;2-1-3/h1-10,15H,11,18H2;/i1D,3D,4D,7D,8D,11D2;. The van der Waals surface area contributed by atoms with Crippen molar-refractivity contribution in [2.75, 3.05) is 0 Å². The minimum atomic E-state index is -5.43. The van der Waals surface area contributed by atoms with Crippen molar-refractivity contribution in [3.8, 4) is 0 Å². The number of hydrogen-bond acceptors (Lipinski definition) is 8. The van der Waals surface area contributed by atoms with E-state index in [1.54, 1.807) is 18.2 Å². The third kappa shape index (κ3) is 5.27. The Balaban J connectivity index is 0.00000129. The zero-order chi connectivity index (χ0) is 26.0. The molecule has 9 heteroatoms. The number of nitrogens with two attached hydrogens (primary N) is 1. The first-order valence-corrected chi connectivity index (χ1v) is 8.40. The topological polar surface area (TPSA) is 130 Å². The Morgan fingerprint density at radius 3 is 2.37 bits per heavy atom. The first-order valence-electron chi connectivity index (χ1n) is 10.5. The van der Waals surface area contributed by atoms with E-state index in [2.05, 4.69) is 4.18 Å². The summed E-state index contributed by atoms with van der Waals surface area (Å²) in [7, 11) is -5.43. The van der Waals surface area contributed by atoms with Crippen molar-refractivity contribution in [2.45, 2.75) is 11.8 Å². The maximum absolute atomic E-state index is 12.7. The smallest absolute Gasteiger partial charge is 0.373 e. The van der Waals surface area contributed by atoms with Crippen molar-refractivity contribution in [3.63, 3.8) is 0 Å². The molecular weight excluding hydrogens is 374 g/mol. The summed E-state index contributed by atoms with van der Waals surface area (Å²) in [6.07, 6.45) is -1.06. The molecule has 1 heterocycles. The molecule has 0 aromatic heterocycles. The minimum absolute atomic E-state index is 0.250. The highest BCUT2D eigenvalue weighted by molar-refractivity contribution is 7.86. The third-order valence-electron chi connectivity index (χ3n) is 2.95. The molecule has 8 nitrogen and oxygen atoms in total. The molecule has 0 fully saturated rings. The van der Waals surface area contributed by atoms with Crippen LogP contribution in [0.2, 0.25) is 0 Å². The minimum Gasteiger partial charge on any atom is -0.460 e. The van der Waals surface area contributed by atoms with Crippen LogP contribution in [-0.2, 0) is 39.1 Å². The summed E-state index contributed by atoms with van der Waals surface area (Å²) in [4.78, 5) is 28.9. The first-order chi connectivity index (χ1) is 15.7. The normalized spacial score (nSPS) is 20.2. The number of carbonyl (C=O) groups excluding carboxylic acids is 3. The van der Waals surface area contributed by atoms with Crippen molar-refractivity contribution in [3.05, 3.63) is 83.3 Å². The van der Waals surface area contributed by atoms with Crippen LogP contribution in [0.15, 0.2) is 72.2 Å². The van der Waals surface area contributed by atoms with Crippen LogP contribution >= 0.6 is 0 Å². The lowest BCUT2D eigenvalue weighted by Crippen LogP contribution is -2.16. The monoisotopic (exact) mass is 396 g/mol. The summed E-state index contributed by atoms with van der Waals surface area (Å²) in [5.74, 6) is -2.64. The second-order valence-electron chi connectivity index (χ2n) is 4.69. The molecule has 140 valence electrons. The molecule has 2 N–H and O–H groups in total. The second-order valence-corrected chi connectivity index (χ2v) is 5.97. The molecule has 1 unspecified atom stereocenters. The van der Waals surface area contributed by atoms with Gasteiger partial charge in [-0.25, -0.2) is 0 Å². The van der Waals surface area contributed by atoms with Crippen LogP contribution < -0.4 is 5.73 Å². The number of rotatable bonds is 5. The number of Topliss-reactive ketones (excluding diaryl/α,β-unsaturated/α-hetero) is 1. The summed E-state index contributed by atoms with van der Waals surface area (Å²) in [5, 5.41) is 0. The summed E-state index contributed by atoms with van der Waals surface area (Å²) in [5.41, 5.74) is 1.14. The molecule has 0 aliphatic carbocycles. The SMILES string of the molecule is O=C=O.[2H]c1c([2H])c([2H])c(C([2H])([2H])S(=O)(=O)OC2=C(N)OC(c3ccccc3)C2=O)c([2H])c1[2H]. The summed E-state index contributed by atoms with van der Waals surface area (Å²) >= 11 is 0. The van der Waals surface area contributed by atoms with E-state index in [9.17, 15) is 13.2 Å². The Morgan fingerprint density at radius 1 is 1.19 bits per heavy atom. The lowest BCUT2D eigenvalue weighted by atomic mass is 10.1. The molecule has 1 aliphatic heterocycles. The summed E-state index contributed by atoms with van der Waals surface area (Å²) < 4.78 is 89.7. The van der Waals surface area contributed by atoms with Gasteiger partial charge in [-0.3, -0.25) is 4.79 Å². The lowest BCUT2D eigenvalue weighted by Gasteiger charge is -2.09. The van der Waals surface area contributed by atoms with Crippen LogP contribution in [-0.4, -0.2) is 20.4 Å². The Hall–Kier alpha value is -3.42. The van der Waals surface area contributed by atoms with Gasteiger partial charge >= 0.3 is 16.3 Å². The van der Waals surface area contributed by atoms with Gasteiger partial charge in [-0.2, -0.15) is 18.0 Å². The van der Waals surface area contributed by atoms with Gasteiger partial charge in [0.2, 0.25) is 17.4 Å². The highest BCUT2D eigenvalue weighted by Crippen LogP contribution is 2.32. The molecule has 1 aliphatic rings. The van der Waals surface area contributed by atoms with Crippen molar-refractivity contribution >= 4 is 22.1 Å². The lowest BCUT2D eigenvalue weighted by molar-refractivity contribution is -0.191. The zero-order valence-electron chi connectivity index (χ0n) is 20.3. The van der Waals surface area contributed by atoms with Crippen LogP contribution in [0, 0.1) is 0 Å². The number of ketones is 1. The number of benzene rings is 2. The fourth-order valence-electron chi connectivity index (χ4n) is 1.96. The van der Waals surface area contributed by atoms with Gasteiger partial charge in [0, 0.05) is 5.56 Å². The summed E-state index contributed by atoms with van der Waals surface area (Å²) in [6, 6.07) is 3.11. The quantitative estimate of drug-likeness (QED) is 0.751. The van der Waals surface area contributed by atoms with Crippen LogP contribution in [0.1, 0.15) is 26.8 Å². The Kier molecular flexibility index (Phi) is 3.93. The zero-order valence-corrected chi connectivity index (χ0v) is 14.1. The predicted octanol–water partition coefficient (Wildman–Crippen LogP) is 1.42. The van der Waals surface area contributed by atoms with Gasteiger partial charge in [-0.05, 0) is 5.56 Å². The molecule has 0 bridgehead atoms. The van der Waals surface area contributed by atoms with Gasteiger partial charge in [0.25, 0.3) is 0 Å². The average molecular weight is 396 g/mol. The van der Waals surface area contributed by atoms with E-state index in [1.165, 1.54) is 12.1 Å². The average Bonchev–Trinajstić information content (AvgIpc) is 3.05. The van der Waals surface area contributed by atoms with E-state index in [1.807, 2.05) is 0 Å². The summed E-state index contributed by atoms with van der Waals surface area (Å²) in [6.45, 7) is 0. The van der Waals surface area contributed by atoms with Gasteiger partial charge in [-0.15, -0.1) is 0 Å². The van der Waals surface area contributed by atoms with E-state index in [-0.39, 0.29) is 6.15 Å². The van der Waals surface area contributed by atoms with Crippen molar-refractivity contribution in [2.24, 2.45) is 5.73 Å². The van der Waals surface area contributed by atoms with E-state index < -0.39 is 75.1 Å². The molecule has 0 saturated heterocycles. The number of carbonyl (C=O) groups is 1. The molecule has 0 radical (unpaired) electrons. The molecule has 2 aromatic rings. The van der Waals surface area contributed by atoms with Crippen LogP contribution in [0.4, 0.5) is 0 Å². The fraction of sp³-hybridized carbons (Fsp3) is 0.111. The van der Waals surface area contributed by atoms with E-state index in [0.717, 1.165) is 0 Å². The van der Waals surface area contributed by atoms with Crippen molar-refractivity contribution < 1.29 is 41.3 Å². The second kappa shape index (κ2) is 8.79. The largest absolute Gasteiger partial charge is 0.460 e. The maximum Gasteiger partial charge on any atom is 0.373 e. The van der Waals surface area contributed by atoms with Gasteiger partial charge in [0.15, 0.2) is 6.10 Å². The van der Waals surface area contributed by atoms with E-state index >= 15 is 0 Å². The van der Waals surface area contributed by atoms with Gasteiger partial charge in [0.1, 0.15) is 5.70 Å². The number of ether oxygens (including phenoxy) is 1. The van der Waals surface area contributed by atoms with Crippen LogP contribution in [0.5, 0.6) is 0 Å². The predicted molar refractivity (Wildman–Crippen MR) is 91.6 cm³/mol. The molecule has 27 heavy (non-hydrogen) atoms. The highest BCUT2D eigenvalue weighted by atomic mass is 32.2. The van der Waals surface area contributed by atoms with Crippen molar-refractivity contribution in [1.29, 1.82) is 0 Å². The Labute approximate surface area is 165 Å². The highest BCUT2D eigenvalue weighted by Gasteiger charge is 2.39. The molecule has 1 atom stereocenters. The molecule has 0 amide bonds. The fourth-order valence-corrected chi connectivity index (χ4v) is 2.74. The van der Waals surface area contributed by atoms with E-state index in [0.29, 0.717) is 5.56 Å². The van der Waals surface area contributed by atoms with E-state index in [4.69, 9.17) is 29.7 Å². The Morgan fingerprint density at radius 2 is 1.78 bits per heavy atom. The Bertz CT molecular complexity index is 1280. The third-order valence-corrected chi connectivity index (χ3v) is 3.79. The maximum atomic E-state index is 12.7. The molecule has 2 aromatic carbocycles. The van der Waals surface area contributed by atoms with Crippen molar-refractivity contribution in [1.82, 2.24) is 0 Å². The van der Waals surface area contributed by atoms with Crippen LogP contribution in [0.3, 0.4) is 0 Å². The first kappa shape index (κ1) is 12.1.